The smallest absolute Gasteiger partial charge is 0.132 e. The number of nitrogens with zero attached hydrogens (tertiary/aromatic N) is 2. The molecule has 3 heteroatoms. The van der Waals surface area contributed by atoms with Gasteiger partial charge in [0.05, 0.1) is 0 Å². The maximum Gasteiger partial charge on any atom is 0.132 e. The van der Waals surface area contributed by atoms with Gasteiger partial charge in [-0.15, -0.1) is 0 Å². The van der Waals surface area contributed by atoms with Crippen molar-refractivity contribution in [3.63, 3.8) is 0 Å². The molecule has 0 spiro atoms. The van der Waals surface area contributed by atoms with Crippen molar-refractivity contribution in [2.45, 2.75) is 34.1 Å². The average Bonchev–Trinajstić information content (AvgIpc) is 2.10. The van der Waals surface area contributed by atoms with E-state index in [0.29, 0.717) is 5.92 Å². The van der Waals surface area contributed by atoms with E-state index in [-0.39, 0.29) is 0 Å². The molecular formula is C11H19N3. The molecule has 1 aromatic rings. The highest BCUT2D eigenvalue weighted by molar-refractivity contribution is 5.44. The first-order valence-electron chi connectivity index (χ1n) is 5.06. The van der Waals surface area contributed by atoms with Crippen LogP contribution in [0.15, 0.2) is 0 Å². The Morgan fingerprint density at radius 1 is 1.21 bits per heavy atom. The molecule has 1 heterocycles. The first-order chi connectivity index (χ1) is 6.54. The lowest BCUT2D eigenvalue weighted by Gasteiger charge is -2.10. The third-order valence-corrected chi connectivity index (χ3v) is 2.26. The quantitative estimate of drug-likeness (QED) is 0.800. The van der Waals surface area contributed by atoms with E-state index < -0.39 is 0 Å². The van der Waals surface area contributed by atoms with Crippen molar-refractivity contribution in [2.24, 2.45) is 5.92 Å². The van der Waals surface area contributed by atoms with E-state index in [0.717, 1.165) is 29.3 Å². The van der Waals surface area contributed by atoms with E-state index >= 15 is 0 Å². The fourth-order valence-electron chi connectivity index (χ4n) is 1.39. The van der Waals surface area contributed by atoms with Crippen molar-refractivity contribution in [3.8, 4) is 0 Å². The Bertz CT molecular complexity index is 319. The molecule has 0 aliphatic rings. The molecule has 0 bridgehead atoms. The maximum atomic E-state index is 4.47. The van der Waals surface area contributed by atoms with Crippen LogP contribution in [-0.2, 0) is 6.42 Å². The summed E-state index contributed by atoms with van der Waals surface area (Å²) < 4.78 is 0. The van der Waals surface area contributed by atoms with E-state index in [4.69, 9.17) is 0 Å². The molecule has 0 radical (unpaired) electrons. The summed E-state index contributed by atoms with van der Waals surface area (Å²) in [5, 5.41) is 3.10. The summed E-state index contributed by atoms with van der Waals surface area (Å²) in [6.07, 6.45) is 0.940. The van der Waals surface area contributed by atoms with Crippen LogP contribution < -0.4 is 5.32 Å². The zero-order chi connectivity index (χ0) is 10.7. The van der Waals surface area contributed by atoms with Gasteiger partial charge < -0.3 is 5.32 Å². The van der Waals surface area contributed by atoms with E-state index in [2.05, 4.69) is 29.1 Å². The fraction of sp³-hybridized carbons (Fsp3) is 0.636. The van der Waals surface area contributed by atoms with Crippen molar-refractivity contribution in [2.75, 3.05) is 12.4 Å². The predicted molar refractivity (Wildman–Crippen MR) is 59.6 cm³/mol. The van der Waals surface area contributed by atoms with Crippen LogP contribution in [-0.4, -0.2) is 17.0 Å². The third kappa shape index (κ3) is 2.44. The van der Waals surface area contributed by atoms with Crippen molar-refractivity contribution in [1.82, 2.24) is 9.97 Å². The topological polar surface area (TPSA) is 37.8 Å². The largest absolute Gasteiger partial charge is 0.373 e. The fourth-order valence-corrected chi connectivity index (χ4v) is 1.39. The summed E-state index contributed by atoms with van der Waals surface area (Å²) in [7, 11) is 1.90. The first kappa shape index (κ1) is 11.0. The monoisotopic (exact) mass is 193 g/mol. The van der Waals surface area contributed by atoms with Gasteiger partial charge in [0.2, 0.25) is 0 Å². The molecule has 0 unspecified atom stereocenters. The van der Waals surface area contributed by atoms with Crippen molar-refractivity contribution in [3.05, 3.63) is 17.1 Å². The SMILES string of the molecule is CNc1nc(CC(C)C)nc(C)c1C. The molecule has 0 aliphatic carbocycles. The lowest BCUT2D eigenvalue weighted by Crippen LogP contribution is -2.07. The molecule has 0 aromatic carbocycles. The Hall–Kier alpha value is -1.12. The summed E-state index contributed by atoms with van der Waals surface area (Å²) in [6, 6.07) is 0. The number of aromatic nitrogens is 2. The van der Waals surface area contributed by atoms with Gasteiger partial charge in [0.1, 0.15) is 11.6 Å². The lowest BCUT2D eigenvalue weighted by atomic mass is 10.1. The standard InChI is InChI=1S/C11H19N3/c1-7(2)6-10-13-9(4)8(3)11(12-5)14-10/h7H,6H2,1-5H3,(H,12,13,14). The minimum absolute atomic E-state index is 0.599. The molecule has 1 aromatic heterocycles. The molecule has 0 amide bonds. The average molecular weight is 193 g/mol. The summed E-state index contributed by atoms with van der Waals surface area (Å²) in [5.41, 5.74) is 2.21. The van der Waals surface area contributed by atoms with Crippen LogP contribution in [0.2, 0.25) is 0 Å². The van der Waals surface area contributed by atoms with Crippen LogP contribution in [0.5, 0.6) is 0 Å². The van der Waals surface area contributed by atoms with Gasteiger partial charge in [0.25, 0.3) is 0 Å². The number of aryl methyl sites for hydroxylation is 1. The van der Waals surface area contributed by atoms with Crippen LogP contribution in [0.25, 0.3) is 0 Å². The third-order valence-electron chi connectivity index (χ3n) is 2.26. The molecule has 1 rings (SSSR count). The zero-order valence-corrected chi connectivity index (χ0v) is 9.68. The van der Waals surface area contributed by atoms with Gasteiger partial charge in [0.15, 0.2) is 0 Å². The minimum atomic E-state index is 0.599. The van der Waals surface area contributed by atoms with E-state index in [1.165, 1.54) is 0 Å². The van der Waals surface area contributed by atoms with Crippen LogP contribution in [0.4, 0.5) is 5.82 Å². The van der Waals surface area contributed by atoms with Gasteiger partial charge in [-0.2, -0.15) is 0 Å². The Morgan fingerprint density at radius 2 is 1.86 bits per heavy atom. The summed E-state index contributed by atoms with van der Waals surface area (Å²) in [6.45, 7) is 8.43. The number of hydrogen-bond acceptors (Lipinski definition) is 3. The summed E-state index contributed by atoms with van der Waals surface area (Å²) >= 11 is 0. The number of rotatable bonds is 3. The van der Waals surface area contributed by atoms with Crippen molar-refractivity contribution < 1.29 is 0 Å². The van der Waals surface area contributed by atoms with Gasteiger partial charge in [-0.05, 0) is 19.8 Å². The second kappa shape index (κ2) is 4.40. The highest BCUT2D eigenvalue weighted by Gasteiger charge is 2.07. The van der Waals surface area contributed by atoms with Gasteiger partial charge in [-0.1, -0.05) is 13.8 Å². The number of anilines is 1. The Balaban J connectivity index is 3.03. The van der Waals surface area contributed by atoms with Crippen LogP contribution >= 0.6 is 0 Å². The molecule has 0 fully saturated rings. The molecular weight excluding hydrogens is 174 g/mol. The van der Waals surface area contributed by atoms with Crippen LogP contribution in [0.3, 0.4) is 0 Å². The number of hydrogen-bond donors (Lipinski definition) is 1. The molecule has 3 nitrogen and oxygen atoms in total. The van der Waals surface area contributed by atoms with E-state index in [1.54, 1.807) is 0 Å². The van der Waals surface area contributed by atoms with E-state index in [1.807, 2.05) is 20.9 Å². The van der Waals surface area contributed by atoms with Crippen molar-refractivity contribution in [1.29, 1.82) is 0 Å². The Labute approximate surface area is 86.0 Å². The maximum absolute atomic E-state index is 4.47. The Morgan fingerprint density at radius 3 is 2.36 bits per heavy atom. The highest BCUT2D eigenvalue weighted by atomic mass is 15.0. The zero-order valence-electron chi connectivity index (χ0n) is 9.68. The molecule has 0 saturated heterocycles. The molecule has 0 atom stereocenters. The molecule has 78 valence electrons. The van der Waals surface area contributed by atoms with Gasteiger partial charge in [-0.25, -0.2) is 9.97 Å². The van der Waals surface area contributed by atoms with Gasteiger partial charge in [-0.3, -0.25) is 0 Å². The molecule has 14 heavy (non-hydrogen) atoms. The van der Waals surface area contributed by atoms with Crippen LogP contribution in [0, 0.1) is 19.8 Å². The molecule has 1 N–H and O–H groups in total. The second-order valence-electron chi connectivity index (χ2n) is 4.05. The molecule has 0 aliphatic heterocycles. The number of nitrogens with one attached hydrogen (secondary N) is 1. The summed E-state index contributed by atoms with van der Waals surface area (Å²) in [4.78, 5) is 8.94. The highest BCUT2D eigenvalue weighted by Crippen LogP contribution is 2.15. The van der Waals surface area contributed by atoms with E-state index in [9.17, 15) is 0 Å². The van der Waals surface area contributed by atoms with Gasteiger partial charge in [0, 0.05) is 24.7 Å². The Kier molecular flexibility index (Phi) is 3.44. The van der Waals surface area contributed by atoms with Crippen molar-refractivity contribution >= 4 is 5.82 Å². The normalized spacial score (nSPS) is 10.7. The first-order valence-corrected chi connectivity index (χ1v) is 5.06. The minimum Gasteiger partial charge on any atom is -0.373 e. The summed E-state index contributed by atoms with van der Waals surface area (Å²) in [5.74, 6) is 2.49. The predicted octanol–water partition coefficient (Wildman–Crippen LogP) is 2.33. The second-order valence-corrected chi connectivity index (χ2v) is 4.05. The lowest BCUT2D eigenvalue weighted by molar-refractivity contribution is 0.619. The van der Waals surface area contributed by atoms with Gasteiger partial charge >= 0.3 is 0 Å². The molecule has 0 saturated carbocycles. The van der Waals surface area contributed by atoms with Crippen LogP contribution in [0.1, 0.15) is 30.9 Å².